The molecule has 0 heterocycles. The molecular weight excluding hydrogens is 270 g/mol. The first-order chi connectivity index (χ1) is 9.87. The molecule has 0 spiro atoms. The molecule has 0 atom stereocenters. The molecule has 0 saturated heterocycles. The van der Waals surface area contributed by atoms with Gasteiger partial charge in [0.15, 0.2) is 0 Å². The number of ether oxygens (including phenoxy) is 1. The number of rotatable bonds is 4. The molecule has 0 aromatic heterocycles. The third-order valence-electron chi connectivity index (χ3n) is 3.27. The van der Waals surface area contributed by atoms with E-state index in [2.05, 4.69) is 16.0 Å². The van der Waals surface area contributed by atoms with Crippen molar-refractivity contribution in [2.45, 2.75) is 70.9 Å². The Labute approximate surface area is 127 Å². The Kier molecular flexibility index (Phi) is 7.32. The van der Waals surface area contributed by atoms with E-state index >= 15 is 0 Å². The van der Waals surface area contributed by atoms with Crippen molar-refractivity contribution in [3.05, 3.63) is 0 Å². The first-order valence-corrected chi connectivity index (χ1v) is 7.88. The molecule has 1 rings (SSSR count). The van der Waals surface area contributed by atoms with Gasteiger partial charge in [-0.25, -0.2) is 9.59 Å². The zero-order chi connectivity index (χ0) is 15.7. The minimum Gasteiger partial charge on any atom is -0.444 e. The van der Waals surface area contributed by atoms with Gasteiger partial charge < -0.3 is 20.7 Å². The molecule has 3 amide bonds. The van der Waals surface area contributed by atoms with Gasteiger partial charge in [0.1, 0.15) is 5.60 Å². The zero-order valence-corrected chi connectivity index (χ0v) is 13.5. The summed E-state index contributed by atoms with van der Waals surface area (Å²) in [6.45, 7) is 6.17. The molecule has 1 fully saturated rings. The highest BCUT2D eigenvalue weighted by molar-refractivity contribution is 5.74. The Morgan fingerprint density at radius 2 is 1.57 bits per heavy atom. The summed E-state index contributed by atoms with van der Waals surface area (Å²) in [5.74, 6) is 0. The van der Waals surface area contributed by atoms with Crippen molar-refractivity contribution in [3.8, 4) is 0 Å². The number of alkyl carbamates (subject to hydrolysis) is 1. The summed E-state index contributed by atoms with van der Waals surface area (Å²) in [5.41, 5.74) is -0.506. The average molecular weight is 299 g/mol. The molecule has 3 N–H and O–H groups in total. The molecule has 1 aliphatic rings. The van der Waals surface area contributed by atoms with E-state index in [1.54, 1.807) is 0 Å². The summed E-state index contributed by atoms with van der Waals surface area (Å²) in [6.07, 6.45) is 6.55. The summed E-state index contributed by atoms with van der Waals surface area (Å²) in [4.78, 5) is 23.1. The normalized spacial score (nSPS) is 16.7. The van der Waals surface area contributed by atoms with Gasteiger partial charge in [0.2, 0.25) is 0 Å². The lowest BCUT2D eigenvalue weighted by molar-refractivity contribution is 0.0528. The first-order valence-electron chi connectivity index (χ1n) is 7.88. The Hall–Kier alpha value is -1.46. The standard InChI is InChI=1S/C15H29N3O3/c1-15(2,3)21-14(20)17-11-10-16-13(19)18-12-8-6-4-5-7-9-12/h12H,4-11H2,1-3H3,(H,17,20)(H2,16,18,19). The van der Waals surface area contributed by atoms with Gasteiger partial charge in [-0.15, -0.1) is 0 Å². The second-order valence-electron chi connectivity index (χ2n) is 6.52. The van der Waals surface area contributed by atoms with Crippen molar-refractivity contribution >= 4 is 12.1 Å². The lowest BCUT2D eigenvalue weighted by Gasteiger charge is -2.20. The van der Waals surface area contributed by atoms with Crippen LogP contribution in [-0.4, -0.2) is 36.9 Å². The Balaban J connectivity index is 2.09. The van der Waals surface area contributed by atoms with Crippen LogP contribution in [0.1, 0.15) is 59.3 Å². The van der Waals surface area contributed by atoms with E-state index in [1.807, 2.05) is 20.8 Å². The summed E-state index contributed by atoms with van der Waals surface area (Å²) in [5, 5.41) is 8.34. The van der Waals surface area contributed by atoms with E-state index in [9.17, 15) is 9.59 Å². The average Bonchev–Trinajstić information content (AvgIpc) is 2.61. The minimum absolute atomic E-state index is 0.159. The SMILES string of the molecule is CC(C)(C)OC(=O)NCCNC(=O)NC1CCCCCC1. The van der Waals surface area contributed by atoms with Gasteiger partial charge in [0, 0.05) is 19.1 Å². The number of hydrogen-bond donors (Lipinski definition) is 3. The summed E-state index contributed by atoms with van der Waals surface area (Å²) in [7, 11) is 0. The van der Waals surface area contributed by atoms with Crippen LogP contribution in [0, 0.1) is 0 Å². The smallest absolute Gasteiger partial charge is 0.407 e. The second kappa shape index (κ2) is 8.74. The third-order valence-corrected chi connectivity index (χ3v) is 3.27. The molecule has 0 aromatic carbocycles. The van der Waals surface area contributed by atoms with Crippen molar-refractivity contribution in [1.29, 1.82) is 0 Å². The quantitative estimate of drug-likeness (QED) is 0.551. The van der Waals surface area contributed by atoms with E-state index in [-0.39, 0.29) is 12.1 Å². The van der Waals surface area contributed by atoms with Crippen LogP contribution in [0.3, 0.4) is 0 Å². The van der Waals surface area contributed by atoms with E-state index in [0.717, 1.165) is 12.8 Å². The van der Waals surface area contributed by atoms with Crippen molar-refractivity contribution in [2.24, 2.45) is 0 Å². The number of nitrogens with one attached hydrogen (secondary N) is 3. The second-order valence-corrected chi connectivity index (χ2v) is 6.52. The van der Waals surface area contributed by atoms with Crippen molar-refractivity contribution in [2.75, 3.05) is 13.1 Å². The number of carbonyl (C=O) groups is 2. The van der Waals surface area contributed by atoms with Crippen LogP contribution in [0.5, 0.6) is 0 Å². The number of urea groups is 1. The van der Waals surface area contributed by atoms with E-state index in [4.69, 9.17) is 4.74 Å². The largest absolute Gasteiger partial charge is 0.444 e. The Morgan fingerprint density at radius 1 is 1.00 bits per heavy atom. The lowest BCUT2D eigenvalue weighted by atomic mass is 10.1. The van der Waals surface area contributed by atoms with E-state index in [0.29, 0.717) is 13.1 Å². The molecular formula is C15H29N3O3. The fourth-order valence-corrected chi connectivity index (χ4v) is 2.31. The molecule has 6 nitrogen and oxygen atoms in total. The molecule has 0 unspecified atom stereocenters. The molecule has 0 radical (unpaired) electrons. The Morgan fingerprint density at radius 3 is 2.14 bits per heavy atom. The molecule has 0 aromatic rings. The first kappa shape index (κ1) is 17.6. The van der Waals surface area contributed by atoms with Gasteiger partial charge in [-0.2, -0.15) is 0 Å². The summed E-state index contributed by atoms with van der Waals surface area (Å²) >= 11 is 0. The maximum Gasteiger partial charge on any atom is 0.407 e. The monoisotopic (exact) mass is 299 g/mol. The van der Waals surface area contributed by atoms with Crippen LogP contribution in [0.2, 0.25) is 0 Å². The van der Waals surface area contributed by atoms with Crippen LogP contribution in [0.25, 0.3) is 0 Å². The third kappa shape index (κ3) is 9.15. The van der Waals surface area contributed by atoms with Crippen LogP contribution >= 0.6 is 0 Å². The van der Waals surface area contributed by atoms with E-state index in [1.165, 1.54) is 25.7 Å². The van der Waals surface area contributed by atoms with Crippen molar-refractivity contribution in [1.82, 2.24) is 16.0 Å². The lowest BCUT2D eigenvalue weighted by Crippen LogP contribution is -2.44. The molecule has 1 aliphatic carbocycles. The van der Waals surface area contributed by atoms with Gasteiger partial charge in [-0.1, -0.05) is 25.7 Å². The number of amides is 3. The van der Waals surface area contributed by atoms with Gasteiger partial charge in [0.25, 0.3) is 0 Å². The van der Waals surface area contributed by atoms with Crippen molar-refractivity contribution < 1.29 is 14.3 Å². The highest BCUT2D eigenvalue weighted by Crippen LogP contribution is 2.16. The van der Waals surface area contributed by atoms with E-state index < -0.39 is 11.7 Å². The topological polar surface area (TPSA) is 79.5 Å². The summed E-state index contributed by atoms with van der Waals surface area (Å²) < 4.78 is 5.10. The van der Waals surface area contributed by atoms with Gasteiger partial charge >= 0.3 is 12.1 Å². The van der Waals surface area contributed by atoms with Gasteiger partial charge in [-0.05, 0) is 33.6 Å². The van der Waals surface area contributed by atoms with Crippen LogP contribution in [0.15, 0.2) is 0 Å². The molecule has 6 heteroatoms. The maximum atomic E-state index is 11.7. The highest BCUT2D eigenvalue weighted by atomic mass is 16.6. The minimum atomic E-state index is -0.506. The maximum absolute atomic E-state index is 11.7. The summed E-state index contributed by atoms with van der Waals surface area (Å²) in [6, 6.07) is 0.124. The number of carbonyl (C=O) groups excluding carboxylic acids is 2. The zero-order valence-electron chi connectivity index (χ0n) is 13.5. The molecule has 122 valence electrons. The molecule has 0 aliphatic heterocycles. The van der Waals surface area contributed by atoms with Gasteiger partial charge in [0.05, 0.1) is 0 Å². The Bertz CT molecular complexity index is 332. The van der Waals surface area contributed by atoms with Crippen molar-refractivity contribution in [3.63, 3.8) is 0 Å². The van der Waals surface area contributed by atoms with Gasteiger partial charge in [-0.3, -0.25) is 0 Å². The fraction of sp³-hybridized carbons (Fsp3) is 0.867. The van der Waals surface area contributed by atoms with Crippen LogP contribution in [0.4, 0.5) is 9.59 Å². The highest BCUT2D eigenvalue weighted by Gasteiger charge is 2.16. The molecule has 0 bridgehead atoms. The fourth-order valence-electron chi connectivity index (χ4n) is 2.31. The molecule has 21 heavy (non-hydrogen) atoms. The number of hydrogen-bond acceptors (Lipinski definition) is 3. The van der Waals surface area contributed by atoms with Crippen LogP contribution in [-0.2, 0) is 4.74 Å². The molecule has 1 saturated carbocycles. The predicted molar refractivity (Wildman–Crippen MR) is 82.3 cm³/mol. The predicted octanol–water partition coefficient (Wildman–Crippen LogP) is 2.53. The van der Waals surface area contributed by atoms with Crippen LogP contribution < -0.4 is 16.0 Å².